The van der Waals surface area contributed by atoms with Crippen LogP contribution in [0.4, 0.5) is 0 Å². The van der Waals surface area contributed by atoms with E-state index in [9.17, 15) is 9.59 Å². The first-order valence-electron chi connectivity index (χ1n) is 8.95. The van der Waals surface area contributed by atoms with Crippen molar-refractivity contribution in [2.45, 2.75) is 58.9 Å². The molecule has 1 aromatic heterocycles. The van der Waals surface area contributed by atoms with Gasteiger partial charge in [-0.2, -0.15) is 0 Å². The summed E-state index contributed by atoms with van der Waals surface area (Å²) in [7, 11) is 0. The van der Waals surface area contributed by atoms with E-state index in [0.29, 0.717) is 22.9 Å². The van der Waals surface area contributed by atoms with Gasteiger partial charge < -0.3 is 9.67 Å². The molecular weight excluding hydrogens is 373 g/mol. The molecular formula is C20H23Cl2NO3. The van der Waals surface area contributed by atoms with Crippen LogP contribution < -0.4 is 0 Å². The van der Waals surface area contributed by atoms with Gasteiger partial charge in [0.2, 0.25) is 0 Å². The number of fused-ring (bicyclic) bond motifs is 3. The minimum Gasteiger partial charge on any atom is -0.481 e. The molecule has 4 nitrogen and oxygen atoms in total. The summed E-state index contributed by atoms with van der Waals surface area (Å²) in [6.45, 7) is 4.94. The lowest BCUT2D eigenvalue weighted by atomic mass is 9.75. The first-order valence-corrected chi connectivity index (χ1v) is 9.70. The molecule has 1 aliphatic carbocycles. The molecule has 0 amide bonds. The molecule has 2 aromatic rings. The van der Waals surface area contributed by atoms with Crippen molar-refractivity contribution in [2.75, 3.05) is 0 Å². The van der Waals surface area contributed by atoms with Crippen molar-refractivity contribution >= 4 is 45.9 Å². The van der Waals surface area contributed by atoms with Crippen LogP contribution in [0.2, 0.25) is 10.0 Å². The number of benzene rings is 1. The quantitative estimate of drug-likeness (QED) is 0.633. The Balaban J connectivity index is 2.01. The Labute approximate surface area is 163 Å². The lowest BCUT2D eigenvalue weighted by molar-refractivity contribution is -0.137. The fraction of sp³-hybridized carbons (Fsp3) is 0.500. The molecule has 0 saturated heterocycles. The molecule has 140 valence electrons. The van der Waals surface area contributed by atoms with E-state index in [2.05, 4.69) is 18.4 Å². The molecule has 0 aliphatic heterocycles. The molecule has 0 fully saturated rings. The molecule has 0 atom stereocenters. The van der Waals surface area contributed by atoms with Crippen LogP contribution in [-0.4, -0.2) is 21.4 Å². The van der Waals surface area contributed by atoms with Gasteiger partial charge in [-0.05, 0) is 36.8 Å². The zero-order chi connectivity index (χ0) is 19.1. The molecule has 3 rings (SSSR count). The largest absolute Gasteiger partial charge is 0.481 e. The molecule has 0 bridgehead atoms. The third-order valence-electron chi connectivity index (χ3n) is 5.02. The molecule has 1 aliphatic rings. The zero-order valence-electron chi connectivity index (χ0n) is 15.1. The van der Waals surface area contributed by atoms with Crippen molar-refractivity contribution in [2.24, 2.45) is 5.41 Å². The number of aliphatic carboxylic acids is 1. The maximum absolute atomic E-state index is 12.8. The van der Waals surface area contributed by atoms with Crippen LogP contribution in [0, 0.1) is 5.41 Å². The highest BCUT2D eigenvalue weighted by Crippen LogP contribution is 2.42. The van der Waals surface area contributed by atoms with Crippen LogP contribution >= 0.6 is 23.2 Å². The van der Waals surface area contributed by atoms with Gasteiger partial charge in [0.15, 0.2) is 5.78 Å². The van der Waals surface area contributed by atoms with Crippen molar-refractivity contribution in [1.82, 2.24) is 4.57 Å². The number of carboxylic acid groups (broad SMARTS) is 1. The second-order valence-corrected chi connectivity index (χ2v) is 8.75. The number of nitrogens with zero attached hydrogens (tertiary/aromatic N) is 1. The number of aromatic nitrogens is 1. The Morgan fingerprint density at radius 3 is 2.62 bits per heavy atom. The average molecular weight is 396 g/mol. The fourth-order valence-corrected chi connectivity index (χ4v) is 4.56. The minimum absolute atomic E-state index is 0.0875. The number of hydrogen-bond donors (Lipinski definition) is 1. The molecule has 26 heavy (non-hydrogen) atoms. The number of rotatable bonds is 6. The van der Waals surface area contributed by atoms with Gasteiger partial charge in [0.05, 0.1) is 10.5 Å². The number of carboxylic acids is 1. The summed E-state index contributed by atoms with van der Waals surface area (Å²) in [5.41, 5.74) is 2.57. The molecule has 0 radical (unpaired) electrons. The average Bonchev–Trinajstić information content (AvgIpc) is 2.79. The SMILES string of the molecule is CC1(C)CC(=O)c2c(n(CCCCCC(=O)O)c3c(Cl)cc(Cl)cc23)C1. The van der Waals surface area contributed by atoms with Crippen LogP contribution in [0.1, 0.15) is 62.0 Å². The second kappa shape index (κ2) is 7.24. The normalized spacial score (nSPS) is 16.1. The van der Waals surface area contributed by atoms with E-state index in [0.717, 1.165) is 48.0 Å². The van der Waals surface area contributed by atoms with Crippen molar-refractivity contribution in [3.8, 4) is 0 Å². The molecule has 1 aromatic carbocycles. The molecule has 6 heteroatoms. The van der Waals surface area contributed by atoms with Crippen molar-refractivity contribution in [3.63, 3.8) is 0 Å². The third kappa shape index (κ3) is 3.77. The molecule has 0 spiro atoms. The first kappa shape index (κ1) is 19.2. The van der Waals surface area contributed by atoms with E-state index in [4.69, 9.17) is 28.3 Å². The number of hydrogen-bond acceptors (Lipinski definition) is 2. The van der Waals surface area contributed by atoms with Crippen LogP contribution in [0.25, 0.3) is 10.9 Å². The maximum atomic E-state index is 12.8. The van der Waals surface area contributed by atoms with Gasteiger partial charge in [0.1, 0.15) is 0 Å². The van der Waals surface area contributed by atoms with Crippen molar-refractivity contribution in [3.05, 3.63) is 33.4 Å². The molecule has 1 heterocycles. The highest BCUT2D eigenvalue weighted by molar-refractivity contribution is 6.39. The van der Waals surface area contributed by atoms with E-state index >= 15 is 0 Å². The Morgan fingerprint density at radius 1 is 1.19 bits per heavy atom. The summed E-state index contributed by atoms with van der Waals surface area (Å²) in [5.74, 6) is -0.622. The maximum Gasteiger partial charge on any atom is 0.303 e. The number of halogens is 2. The third-order valence-corrected chi connectivity index (χ3v) is 5.52. The van der Waals surface area contributed by atoms with Gasteiger partial charge in [-0.3, -0.25) is 9.59 Å². The van der Waals surface area contributed by atoms with Crippen LogP contribution in [0.15, 0.2) is 12.1 Å². The highest BCUT2D eigenvalue weighted by Gasteiger charge is 2.35. The minimum atomic E-state index is -0.765. The van der Waals surface area contributed by atoms with Crippen LogP contribution in [0.3, 0.4) is 0 Å². The summed E-state index contributed by atoms with van der Waals surface area (Å²) in [4.78, 5) is 23.5. The van der Waals surface area contributed by atoms with E-state index in [-0.39, 0.29) is 17.6 Å². The number of carbonyl (C=O) groups excluding carboxylic acids is 1. The second-order valence-electron chi connectivity index (χ2n) is 7.90. The van der Waals surface area contributed by atoms with Gasteiger partial charge in [-0.25, -0.2) is 0 Å². The van der Waals surface area contributed by atoms with Gasteiger partial charge in [0.25, 0.3) is 0 Å². The number of aryl methyl sites for hydroxylation is 1. The Bertz CT molecular complexity index is 883. The lowest BCUT2D eigenvalue weighted by Gasteiger charge is -2.29. The smallest absolute Gasteiger partial charge is 0.303 e. The topological polar surface area (TPSA) is 59.3 Å². The summed E-state index contributed by atoms with van der Waals surface area (Å²) in [5, 5.41) is 10.7. The van der Waals surface area contributed by atoms with E-state index < -0.39 is 5.97 Å². The highest BCUT2D eigenvalue weighted by atomic mass is 35.5. The predicted octanol–water partition coefficient (Wildman–Crippen LogP) is 5.75. The van der Waals surface area contributed by atoms with Gasteiger partial charge in [-0.15, -0.1) is 0 Å². The first-order chi connectivity index (χ1) is 12.2. The van der Waals surface area contributed by atoms with Gasteiger partial charge >= 0.3 is 5.97 Å². The van der Waals surface area contributed by atoms with Gasteiger partial charge in [0, 0.05) is 41.1 Å². The summed E-state index contributed by atoms with van der Waals surface area (Å²) in [6, 6.07) is 3.55. The molecule has 0 unspecified atom stereocenters. The van der Waals surface area contributed by atoms with E-state index in [1.54, 1.807) is 6.07 Å². The monoisotopic (exact) mass is 395 g/mol. The van der Waals surface area contributed by atoms with Crippen molar-refractivity contribution < 1.29 is 14.7 Å². The lowest BCUT2D eigenvalue weighted by Crippen LogP contribution is -2.28. The molecule has 0 saturated carbocycles. The summed E-state index contributed by atoms with van der Waals surface area (Å²) >= 11 is 12.7. The standard InChI is InChI=1S/C20H23Cl2NO3/c1-20(2)10-15-18(16(24)11-20)13-8-12(21)9-14(22)19(13)23(15)7-5-3-4-6-17(25)26/h8-9H,3-7,10-11H2,1-2H3,(H,25,26). The number of carbonyl (C=O) groups is 2. The number of ketones is 1. The fourth-order valence-electron chi connectivity index (χ4n) is 3.96. The summed E-state index contributed by atoms with van der Waals surface area (Å²) in [6.07, 6.45) is 3.83. The van der Waals surface area contributed by atoms with E-state index in [1.165, 1.54) is 0 Å². The van der Waals surface area contributed by atoms with Gasteiger partial charge in [-0.1, -0.05) is 43.5 Å². The Morgan fingerprint density at radius 2 is 1.92 bits per heavy atom. The predicted molar refractivity (Wildman–Crippen MR) is 104 cm³/mol. The van der Waals surface area contributed by atoms with Crippen LogP contribution in [0.5, 0.6) is 0 Å². The Kier molecular flexibility index (Phi) is 5.36. The van der Waals surface area contributed by atoms with E-state index in [1.807, 2.05) is 6.07 Å². The Hall–Kier alpha value is -1.52. The number of Topliss-reactive ketones (excluding diaryl/α,β-unsaturated/α-hetero) is 1. The van der Waals surface area contributed by atoms with Crippen LogP contribution in [-0.2, 0) is 17.8 Å². The number of unbranched alkanes of at least 4 members (excludes halogenated alkanes) is 2. The van der Waals surface area contributed by atoms with Crippen molar-refractivity contribution in [1.29, 1.82) is 0 Å². The zero-order valence-corrected chi connectivity index (χ0v) is 16.6. The molecule has 1 N–H and O–H groups in total. The summed E-state index contributed by atoms with van der Waals surface area (Å²) < 4.78 is 2.16.